The van der Waals surface area contributed by atoms with Crippen LogP contribution in [-0.2, 0) is 4.79 Å². The fourth-order valence-corrected chi connectivity index (χ4v) is 2.59. The first kappa shape index (κ1) is 16.4. The van der Waals surface area contributed by atoms with Gasteiger partial charge in [-0.25, -0.2) is 14.4 Å². The Morgan fingerprint density at radius 1 is 1.21 bits per heavy atom. The normalized spacial score (nSPS) is 17.2. The zero-order valence-corrected chi connectivity index (χ0v) is 14.3. The highest BCUT2D eigenvalue weighted by molar-refractivity contribution is 9.10. The molecule has 0 aliphatic carbocycles. The number of amides is 1. The van der Waals surface area contributed by atoms with E-state index in [1.54, 1.807) is 18.5 Å². The van der Waals surface area contributed by atoms with Crippen molar-refractivity contribution in [2.24, 2.45) is 0 Å². The van der Waals surface area contributed by atoms with E-state index in [2.05, 4.69) is 37.7 Å². The summed E-state index contributed by atoms with van der Waals surface area (Å²) in [6, 6.07) is 9.00. The van der Waals surface area contributed by atoms with Gasteiger partial charge in [-0.05, 0) is 30.3 Å². The average Bonchev–Trinajstić information content (AvgIpc) is 2.61. The topological polar surface area (TPSA) is 49.3 Å². The van der Waals surface area contributed by atoms with E-state index in [0.717, 1.165) is 10.0 Å². The second kappa shape index (κ2) is 7.41. The molecule has 1 aliphatic rings. The summed E-state index contributed by atoms with van der Waals surface area (Å²) in [5, 5.41) is 0. The molecule has 1 aliphatic heterocycles. The van der Waals surface area contributed by atoms with Crippen molar-refractivity contribution in [1.29, 1.82) is 0 Å². The number of carbonyl (C=O) groups excluding carboxylic acids is 1. The molecule has 1 fully saturated rings. The molecule has 122 valence electrons. The highest BCUT2D eigenvalue weighted by Crippen LogP contribution is 2.16. The van der Waals surface area contributed by atoms with Crippen LogP contribution in [0, 0.1) is 11.8 Å². The van der Waals surface area contributed by atoms with Crippen molar-refractivity contribution in [3.63, 3.8) is 0 Å². The van der Waals surface area contributed by atoms with Crippen LogP contribution in [0.15, 0.2) is 47.2 Å². The Morgan fingerprint density at radius 2 is 1.92 bits per heavy atom. The Kier molecular flexibility index (Phi) is 5.06. The second-order valence-electron chi connectivity index (χ2n) is 5.18. The molecule has 0 radical (unpaired) electrons. The Morgan fingerprint density at radius 3 is 2.58 bits per heavy atom. The highest BCUT2D eigenvalue weighted by Gasteiger charge is 2.30. The van der Waals surface area contributed by atoms with Crippen molar-refractivity contribution < 1.29 is 9.18 Å². The largest absolute Gasteiger partial charge is 0.325 e. The molecular formula is C17H14BrFN4O. The molecule has 0 spiro atoms. The van der Waals surface area contributed by atoms with Crippen LogP contribution in [0.4, 0.5) is 10.3 Å². The molecule has 0 N–H and O–H groups in total. The van der Waals surface area contributed by atoms with Crippen LogP contribution in [0.3, 0.4) is 0 Å². The van der Waals surface area contributed by atoms with E-state index in [-0.39, 0.29) is 12.5 Å². The van der Waals surface area contributed by atoms with Crippen LogP contribution in [0.5, 0.6) is 0 Å². The summed E-state index contributed by atoms with van der Waals surface area (Å²) >= 11 is 3.34. The fourth-order valence-electron chi connectivity index (χ4n) is 2.33. The van der Waals surface area contributed by atoms with Gasteiger partial charge >= 0.3 is 0 Å². The van der Waals surface area contributed by atoms with E-state index >= 15 is 0 Å². The number of hydrogen-bond donors (Lipinski definition) is 0. The number of aromatic nitrogens is 2. The number of halogens is 2. The Bertz CT molecular complexity index is 773. The van der Waals surface area contributed by atoms with E-state index < -0.39 is 6.30 Å². The van der Waals surface area contributed by atoms with E-state index in [9.17, 15) is 9.18 Å². The summed E-state index contributed by atoms with van der Waals surface area (Å²) in [4.78, 5) is 23.1. The Balaban J connectivity index is 1.63. The predicted octanol–water partition coefficient (Wildman–Crippen LogP) is 2.24. The van der Waals surface area contributed by atoms with E-state index in [0.29, 0.717) is 19.0 Å². The van der Waals surface area contributed by atoms with Crippen LogP contribution in [-0.4, -0.2) is 46.7 Å². The van der Waals surface area contributed by atoms with Crippen LogP contribution in [0.1, 0.15) is 5.56 Å². The number of benzene rings is 1. The minimum absolute atomic E-state index is 0.0495. The van der Waals surface area contributed by atoms with Gasteiger partial charge in [0.25, 0.3) is 5.91 Å². The highest BCUT2D eigenvalue weighted by atomic mass is 79.9. The molecule has 3 rings (SSSR count). The van der Waals surface area contributed by atoms with Crippen LogP contribution in [0.2, 0.25) is 0 Å². The first-order valence-corrected chi connectivity index (χ1v) is 8.17. The third-order valence-electron chi connectivity index (χ3n) is 3.57. The maximum absolute atomic E-state index is 14.4. The molecule has 1 amide bonds. The zero-order chi connectivity index (χ0) is 16.9. The second-order valence-corrected chi connectivity index (χ2v) is 6.10. The molecule has 2 aromatic rings. The van der Waals surface area contributed by atoms with E-state index in [1.165, 1.54) is 9.80 Å². The lowest BCUT2D eigenvalue weighted by Gasteiger charge is -2.36. The first-order chi connectivity index (χ1) is 11.6. The lowest BCUT2D eigenvalue weighted by molar-refractivity contribution is -0.126. The number of rotatable bonds is 1. The standard InChI is InChI=1S/C17H14BrFN4O/c18-14-5-2-13(3-6-14)4-7-16(24)22-10-11-23(15(19)12-22)17-20-8-1-9-21-17/h1-3,5-6,8-9,15H,10-12H2. The monoisotopic (exact) mass is 388 g/mol. The van der Waals surface area contributed by atoms with Gasteiger partial charge in [0.2, 0.25) is 5.95 Å². The molecule has 1 unspecified atom stereocenters. The van der Waals surface area contributed by atoms with Crippen LogP contribution >= 0.6 is 15.9 Å². The maximum atomic E-state index is 14.4. The quantitative estimate of drug-likeness (QED) is 0.555. The molecule has 1 saturated heterocycles. The average molecular weight is 389 g/mol. The number of alkyl halides is 1. The zero-order valence-electron chi connectivity index (χ0n) is 12.7. The van der Waals surface area contributed by atoms with Crippen molar-refractivity contribution in [3.8, 4) is 11.8 Å². The summed E-state index contributed by atoms with van der Waals surface area (Å²) in [6.45, 7) is 0.662. The van der Waals surface area contributed by atoms with E-state index in [1.807, 2.05) is 24.3 Å². The van der Waals surface area contributed by atoms with Gasteiger partial charge in [-0.1, -0.05) is 21.9 Å². The SMILES string of the molecule is O=C(C#Cc1ccc(Br)cc1)N1CCN(c2ncccn2)C(F)C1. The summed E-state index contributed by atoms with van der Waals surface area (Å²) in [7, 11) is 0. The number of nitrogens with zero attached hydrogens (tertiary/aromatic N) is 4. The molecule has 1 aromatic heterocycles. The predicted molar refractivity (Wildman–Crippen MR) is 91.9 cm³/mol. The van der Waals surface area contributed by atoms with Crippen molar-refractivity contribution in [1.82, 2.24) is 14.9 Å². The van der Waals surface area contributed by atoms with Crippen molar-refractivity contribution in [2.75, 3.05) is 24.5 Å². The maximum Gasteiger partial charge on any atom is 0.299 e. The van der Waals surface area contributed by atoms with Gasteiger partial charge in [-0.15, -0.1) is 0 Å². The molecule has 5 nitrogen and oxygen atoms in total. The van der Waals surface area contributed by atoms with Gasteiger partial charge in [0.1, 0.15) is 0 Å². The summed E-state index contributed by atoms with van der Waals surface area (Å²) in [5.74, 6) is 5.32. The van der Waals surface area contributed by atoms with Gasteiger partial charge < -0.3 is 9.80 Å². The minimum Gasteiger partial charge on any atom is -0.325 e. The number of carbonyl (C=O) groups is 1. The summed E-state index contributed by atoms with van der Waals surface area (Å²) in [6.07, 6.45) is 1.78. The van der Waals surface area contributed by atoms with E-state index in [4.69, 9.17) is 0 Å². The molecule has 0 bridgehead atoms. The Hall–Kier alpha value is -2.46. The fraction of sp³-hybridized carbons (Fsp3) is 0.235. The van der Waals surface area contributed by atoms with Crippen LogP contribution in [0.25, 0.3) is 0 Å². The molecule has 24 heavy (non-hydrogen) atoms. The number of piperazine rings is 1. The molecule has 2 heterocycles. The van der Waals surface area contributed by atoms with Gasteiger partial charge in [0.05, 0.1) is 6.54 Å². The summed E-state index contributed by atoms with van der Waals surface area (Å²) < 4.78 is 15.3. The summed E-state index contributed by atoms with van der Waals surface area (Å²) in [5.41, 5.74) is 0.736. The molecule has 1 aromatic carbocycles. The lowest BCUT2D eigenvalue weighted by atomic mass is 10.2. The number of anilines is 1. The van der Waals surface area contributed by atoms with Crippen molar-refractivity contribution in [2.45, 2.75) is 6.30 Å². The third kappa shape index (κ3) is 3.89. The molecule has 0 saturated carbocycles. The van der Waals surface area contributed by atoms with Gasteiger partial charge in [0.15, 0.2) is 6.30 Å². The minimum atomic E-state index is -1.35. The number of hydrogen-bond acceptors (Lipinski definition) is 4. The van der Waals surface area contributed by atoms with Gasteiger partial charge in [-0.3, -0.25) is 4.79 Å². The smallest absolute Gasteiger partial charge is 0.299 e. The van der Waals surface area contributed by atoms with Crippen molar-refractivity contribution >= 4 is 27.8 Å². The van der Waals surface area contributed by atoms with Gasteiger partial charge in [0, 0.05) is 41.4 Å². The molecule has 7 heteroatoms. The Labute approximate surface area is 147 Å². The third-order valence-corrected chi connectivity index (χ3v) is 4.10. The van der Waals surface area contributed by atoms with Crippen molar-refractivity contribution in [3.05, 3.63) is 52.8 Å². The lowest BCUT2D eigenvalue weighted by Crippen LogP contribution is -2.53. The molecule has 1 atom stereocenters. The first-order valence-electron chi connectivity index (χ1n) is 7.38. The molecular weight excluding hydrogens is 375 g/mol. The van der Waals surface area contributed by atoms with Gasteiger partial charge in [-0.2, -0.15) is 0 Å². The van der Waals surface area contributed by atoms with Crippen LogP contribution < -0.4 is 4.90 Å².